The van der Waals surface area contributed by atoms with Gasteiger partial charge in [0.05, 0.1) is 19.9 Å². The first-order valence-corrected chi connectivity index (χ1v) is 6.61. The van der Waals surface area contributed by atoms with E-state index in [1.54, 1.807) is 13.3 Å². The first-order valence-electron chi connectivity index (χ1n) is 6.61. The van der Waals surface area contributed by atoms with Gasteiger partial charge in [-0.15, -0.1) is 0 Å². The molecule has 0 fully saturated rings. The molecular formula is C13H26N4O2. The number of ether oxygens (including phenoxy) is 1. The highest BCUT2D eigenvalue weighted by molar-refractivity contribution is 5.27. The van der Waals surface area contributed by atoms with Gasteiger partial charge in [-0.25, -0.2) is 0 Å². The summed E-state index contributed by atoms with van der Waals surface area (Å²) in [6, 6.07) is 0.332. The summed E-state index contributed by atoms with van der Waals surface area (Å²) in [5.41, 5.74) is 0.734. The number of nitrogens with one attached hydrogen (secondary N) is 1. The minimum atomic E-state index is -0.623. The van der Waals surface area contributed by atoms with Crippen LogP contribution in [0.15, 0.2) is 6.20 Å². The Morgan fingerprint density at radius 3 is 2.68 bits per heavy atom. The Bertz CT molecular complexity index is 377. The molecule has 1 aromatic rings. The highest BCUT2D eigenvalue weighted by Crippen LogP contribution is 2.24. The Hall–Kier alpha value is -1.11. The average Bonchev–Trinajstić information content (AvgIpc) is 2.76. The largest absolute Gasteiger partial charge is 0.493 e. The van der Waals surface area contributed by atoms with Crippen LogP contribution in [0.25, 0.3) is 0 Å². The molecule has 6 heteroatoms. The number of aliphatic hydroxyl groups excluding tert-OH is 1. The molecule has 0 radical (unpaired) electrons. The van der Waals surface area contributed by atoms with E-state index in [-0.39, 0.29) is 0 Å². The van der Waals surface area contributed by atoms with Gasteiger partial charge in [0, 0.05) is 19.1 Å². The summed E-state index contributed by atoms with van der Waals surface area (Å²) in [7, 11) is 5.62. The van der Waals surface area contributed by atoms with Gasteiger partial charge in [0.1, 0.15) is 11.8 Å². The van der Waals surface area contributed by atoms with E-state index in [0.717, 1.165) is 18.8 Å². The fourth-order valence-electron chi connectivity index (χ4n) is 1.79. The molecule has 19 heavy (non-hydrogen) atoms. The molecule has 1 rings (SSSR count). The van der Waals surface area contributed by atoms with E-state index in [1.165, 1.54) is 0 Å². The summed E-state index contributed by atoms with van der Waals surface area (Å²) in [6.45, 7) is 6.18. The molecule has 0 saturated heterocycles. The molecule has 0 aliphatic rings. The van der Waals surface area contributed by atoms with Crippen molar-refractivity contribution in [3.63, 3.8) is 0 Å². The molecule has 2 N–H and O–H groups in total. The van der Waals surface area contributed by atoms with Crippen molar-refractivity contribution in [1.29, 1.82) is 0 Å². The van der Waals surface area contributed by atoms with Gasteiger partial charge >= 0.3 is 0 Å². The van der Waals surface area contributed by atoms with Gasteiger partial charge in [-0.3, -0.25) is 4.68 Å². The number of aliphatic hydroxyl groups is 1. The summed E-state index contributed by atoms with van der Waals surface area (Å²) in [5, 5.41) is 17.8. The molecule has 0 spiro atoms. The van der Waals surface area contributed by atoms with Crippen LogP contribution in [0.1, 0.15) is 25.6 Å². The molecule has 6 nitrogen and oxygen atoms in total. The molecular weight excluding hydrogens is 244 g/mol. The van der Waals surface area contributed by atoms with Gasteiger partial charge in [-0.1, -0.05) is 13.8 Å². The Labute approximate surface area is 115 Å². The van der Waals surface area contributed by atoms with Crippen LogP contribution in [0.3, 0.4) is 0 Å². The van der Waals surface area contributed by atoms with Crippen molar-refractivity contribution in [3.8, 4) is 5.75 Å². The van der Waals surface area contributed by atoms with Crippen LogP contribution in [0.2, 0.25) is 0 Å². The smallest absolute Gasteiger partial charge is 0.162 e. The van der Waals surface area contributed by atoms with Gasteiger partial charge in [0.15, 0.2) is 5.75 Å². The van der Waals surface area contributed by atoms with Crippen LogP contribution in [0.5, 0.6) is 5.75 Å². The van der Waals surface area contributed by atoms with Crippen LogP contribution in [0, 0.1) is 0 Å². The Morgan fingerprint density at radius 2 is 2.16 bits per heavy atom. The first kappa shape index (κ1) is 15.9. The van der Waals surface area contributed by atoms with Gasteiger partial charge in [-0.2, -0.15) is 5.10 Å². The van der Waals surface area contributed by atoms with Gasteiger partial charge < -0.3 is 20.1 Å². The molecule has 0 aliphatic heterocycles. The highest BCUT2D eigenvalue weighted by atomic mass is 16.5. The number of hydrogen-bond donors (Lipinski definition) is 2. The topological polar surface area (TPSA) is 62.5 Å². The van der Waals surface area contributed by atoms with Crippen molar-refractivity contribution in [2.24, 2.45) is 0 Å². The van der Waals surface area contributed by atoms with Crippen molar-refractivity contribution in [2.75, 3.05) is 34.3 Å². The second-order valence-electron chi connectivity index (χ2n) is 5.20. The maximum Gasteiger partial charge on any atom is 0.162 e. The summed E-state index contributed by atoms with van der Waals surface area (Å²) >= 11 is 0. The second-order valence-corrected chi connectivity index (χ2v) is 5.20. The van der Waals surface area contributed by atoms with Crippen LogP contribution >= 0.6 is 0 Å². The lowest BCUT2D eigenvalue weighted by atomic mass is 10.2. The van der Waals surface area contributed by atoms with Crippen molar-refractivity contribution >= 4 is 0 Å². The zero-order chi connectivity index (χ0) is 14.4. The molecule has 0 amide bonds. The van der Waals surface area contributed by atoms with Crippen LogP contribution in [0.4, 0.5) is 0 Å². The van der Waals surface area contributed by atoms with E-state index in [4.69, 9.17) is 4.74 Å². The third-order valence-corrected chi connectivity index (χ3v) is 2.86. The molecule has 1 unspecified atom stereocenters. The van der Waals surface area contributed by atoms with Crippen molar-refractivity contribution in [2.45, 2.75) is 32.5 Å². The summed E-state index contributed by atoms with van der Waals surface area (Å²) in [6.07, 6.45) is 1.03. The zero-order valence-corrected chi connectivity index (χ0v) is 12.6. The van der Waals surface area contributed by atoms with E-state index in [0.29, 0.717) is 18.3 Å². The lowest BCUT2D eigenvalue weighted by Crippen LogP contribution is -2.29. The van der Waals surface area contributed by atoms with E-state index in [1.807, 2.05) is 32.6 Å². The van der Waals surface area contributed by atoms with E-state index >= 15 is 0 Å². The lowest BCUT2D eigenvalue weighted by Gasteiger charge is -2.18. The molecule has 0 aromatic carbocycles. The minimum Gasteiger partial charge on any atom is -0.493 e. The van der Waals surface area contributed by atoms with E-state index in [9.17, 15) is 5.11 Å². The molecule has 0 saturated carbocycles. The van der Waals surface area contributed by atoms with Crippen LogP contribution in [-0.4, -0.2) is 60.1 Å². The van der Waals surface area contributed by atoms with Crippen LogP contribution in [-0.2, 0) is 6.54 Å². The number of likely N-dealkylation sites (N-methyl/N-ethyl adjacent to an activating group) is 1. The molecule has 1 heterocycles. The number of hydrogen-bond acceptors (Lipinski definition) is 5. The Balaban J connectivity index is 2.79. The maximum atomic E-state index is 10.3. The fourth-order valence-corrected chi connectivity index (χ4v) is 1.79. The normalized spacial score (nSPS) is 13.3. The molecule has 0 bridgehead atoms. The van der Waals surface area contributed by atoms with E-state index < -0.39 is 6.10 Å². The second kappa shape index (κ2) is 7.47. The third-order valence-electron chi connectivity index (χ3n) is 2.86. The predicted octanol–water partition coefficient (Wildman–Crippen LogP) is 0.485. The third kappa shape index (κ3) is 4.81. The average molecular weight is 270 g/mol. The number of methoxy groups -OCH3 is 1. The van der Waals surface area contributed by atoms with Gasteiger partial charge in [0.2, 0.25) is 0 Å². The Kier molecular flexibility index (Phi) is 6.27. The summed E-state index contributed by atoms with van der Waals surface area (Å²) in [4.78, 5) is 2.08. The number of aromatic nitrogens is 2. The maximum absolute atomic E-state index is 10.3. The quantitative estimate of drug-likeness (QED) is 0.719. The first-order chi connectivity index (χ1) is 8.95. The fraction of sp³-hybridized carbons (Fsp3) is 0.769. The zero-order valence-electron chi connectivity index (χ0n) is 12.6. The molecule has 110 valence electrons. The molecule has 0 aliphatic carbocycles. The number of nitrogens with zero attached hydrogens (tertiary/aromatic N) is 3. The summed E-state index contributed by atoms with van der Waals surface area (Å²) < 4.78 is 7.09. The minimum absolute atomic E-state index is 0.332. The van der Waals surface area contributed by atoms with Crippen LogP contribution < -0.4 is 10.1 Å². The van der Waals surface area contributed by atoms with Crippen molar-refractivity contribution in [3.05, 3.63) is 11.9 Å². The van der Waals surface area contributed by atoms with E-state index in [2.05, 4.69) is 15.3 Å². The van der Waals surface area contributed by atoms with Gasteiger partial charge in [-0.05, 0) is 14.1 Å². The highest BCUT2D eigenvalue weighted by Gasteiger charge is 2.20. The summed E-state index contributed by atoms with van der Waals surface area (Å²) in [5.74, 6) is 0.636. The van der Waals surface area contributed by atoms with Gasteiger partial charge in [0.25, 0.3) is 0 Å². The number of rotatable bonds is 8. The molecule has 1 atom stereocenters. The van der Waals surface area contributed by atoms with Crippen molar-refractivity contribution in [1.82, 2.24) is 20.0 Å². The molecule has 1 aromatic heterocycles. The lowest BCUT2D eigenvalue weighted by molar-refractivity contribution is 0.155. The Morgan fingerprint density at radius 1 is 1.47 bits per heavy atom. The van der Waals surface area contributed by atoms with Crippen molar-refractivity contribution < 1.29 is 9.84 Å². The predicted molar refractivity (Wildman–Crippen MR) is 75.4 cm³/mol. The monoisotopic (exact) mass is 270 g/mol. The SMILES string of the molecule is COc1cnn(CCN(C)C)c1C(O)CNC(C)C. The standard InChI is InChI=1S/C13H26N4O2/c1-10(2)14-8-11(18)13-12(19-5)9-15-17(13)7-6-16(3)4/h9-11,14,18H,6-8H2,1-5H3.